The Hall–Kier alpha value is -2.24. The number of rotatable bonds is 4. The zero-order valence-electron chi connectivity index (χ0n) is 14.8. The van der Waals surface area contributed by atoms with Gasteiger partial charge in [0.15, 0.2) is 5.67 Å². The third-order valence-electron chi connectivity index (χ3n) is 4.80. The van der Waals surface area contributed by atoms with Gasteiger partial charge in [-0.05, 0) is 50.3 Å². The number of fused-ring (bicyclic) bond motifs is 1. The zero-order valence-corrected chi connectivity index (χ0v) is 14.8. The van der Waals surface area contributed by atoms with Crippen molar-refractivity contribution in [3.8, 4) is 0 Å². The molecule has 1 unspecified atom stereocenters. The van der Waals surface area contributed by atoms with Crippen LogP contribution in [0.4, 0.5) is 4.39 Å². The third-order valence-corrected chi connectivity index (χ3v) is 4.80. The maximum atomic E-state index is 15.9. The van der Waals surface area contributed by atoms with Crippen molar-refractivity contribution in [1.29, 1.82) is 0 Å². The van der Waals surface area contributed by atoms with Crippen molar-refractivity contribution >= 4 is 5.97 Å². The molecule has 1 heterocycles. The standard InChI is InChI=1S/C19H24FN3O2/c1-3-25-18(24)15-10-8-14(9-11-15)13-19(20)12-6-4-5-7-16-17(19)21-22-23(16)2/h8-11H,3-7,12-13H2,1-2H3. The molecule has 2 aromatic rings. The highest BCUT2D eigenvalue weighted by Gasteiger charge is 2.38. The predicted molar refractivity (Wildman–Crippen MR) is 92.1 cm³/mol. The van der Waals surface area contributed by atoms with Gasteiger partial charge in [0.2, 0.25) is 0 Å². The number of halogens is 1. The van der Waals surface area contributed by atoms with Crippen LogP contribution in [0.15, 0.2) is 24.3 Å². The van der Waals surface area contributed by atoms with Gasteiger partial charge in [0, 0.05) is 13.5 Å². The maximum Gasteiger partial charge on any atom is 0.338 e. The molecule has 1 aliphatic carbocycles. The van der Waals surface area contributed by atoms with Crippen LogP contribution >= 0.6 is 0 Å². The Labute approximate surface area is 147 Å². The quantitative estimate of drug-likeness (QED) is 0.796. The number of benzene rings is 1. The Morgan fingerprint density at radius 3 is 2.76 bits per heavy atom. The number of aromatic nitrogens is 3. The largest absolute Gasteiger partial charge is 0.462 e. The first-order chi connectivity index (χ1) is 12.0. The lowest BCUT2D eigenvalue weighted by Crippen LogP contribution is -2.27. The third kappa shape index (κ3) is 3.72. The maximum absolute atomic E-state index is 15.9. The highest BCUT2D eigenvalue weighted by molar-refractivity contribution is 5.89. The lowest BCUT2D eigenvalue weighted by molar-refractivity contribution is 0.0526. The number of carbonyl (C=O) groups is 1. The summed E-state index contributed by atoms with van der Waals surface area (Å²) in [6.45, 7) is 2.11. The lowest BCUT2D eigenvalue weighted by Gasteiger charge is -2.26. The minimum atomic E-state index is -1.52. The second kappa shape index (κ2) is 7.33. The van der Waals surface area contributed by atoms with E-state index in [-0.39, 0.29) is 12.4 Å². The summed E-state index contributed by atoms with van der Waals surface area (Å²) in [5.74, 6) is -0.355. The molecule has 6 heteroatoms. The molecule has 3 rings (SSSR count). The van der Waals surface area contributed by atoms with Gasteiger partial charge in [0.1, 0.15) is 5.69 Å². The van der Waals surface area contributed by atoms with Gasteiger partial charge in [-0.15, -0.1) is 5.10 Å². The molecular weight excluding hydrogens is 321 g/mol. The average molecular weight is 345 g/mol. The molecule has 0 saturated heterocycles. The van der Waals surface area contributed by atoms with Gasteiger partial charge < -0.3 is 4.74 Å². The second-order valence-electron chi connectivity index (χ2n) is 6.63. The highest BCUT2D eigenvalue weighted by atomic mass is 19.1. The van der Waals surface area contributed by atoms with Gasteiger partial charge in [0.05, 0.1) is 17.9 Å². The topological polar surface area (TPSA) is 57.0 Å². The number of hydrogen-bond donors (Lipinski definition) is 0. The molecule has 0 amide bonds. The molecule has 0 N–H and O–H groups in total. The molecule has 0 saturated carbocycles. The summed E-state index contributed by atoms with van der Waals surface area (Å²) in [5.41, 5.74) is 1.17. The zero-order chi connectivity index (χ0) is 17.9. The molecule has 134 valence electrons. The molecule has 1 atom stereocenters. The first-order valence-corrected chi connectivity index (χ1v) is 8.87. The predicted octanol–water partition coefficient (Wildman–Crippen LogP) is 3.52. The van der Waals surface area contributed by atoms with Gasteiger partial charge in [-0.1, -0.05) is 23.8 Å². The number of aryl methyl sites for hydroxylation is 1. The fourth-order valence-corrected chi connectivity index (χ4v) is 3.47. The van der Waals surface area contributed by atoms with E-state index in [2.05, 4.69) is 10.3 Å². The van der Waals surface area contributed by atoms with Crippen molar-refractivity contribution in [1.82, 2.24) is 15.0 Å². The van der Waals surface area contributed by atoms with Crippen LogP contribution in [0.2, 0.25) is 0 Å². The summed E-state index contributed by atoms with van der Waals surface area (Å²) in [4.78, 5) is 11.7. The summed E-state index contributed by atoms with van der Waals surface area (Å²) >= 11 is 0. The van der Waals surface area contributed by atoms with E-state index in [4.69, 9.17) is 4.74 Å². The van der Waals surface area contributed by atoms with Gasteiger partial charge in [-0.25, -0.2) is 9.18 Å². The molecular formula is C19H24FN3O2. The molecule has 5 nitrogen and oxygen atoms in total. The summed E-state index contributed by atoms with van der Waals surface area (Å²) in [5, 5.41) is 8.18. The number of hydrogen-bond acceptors (Lipinski definition) is 4. The van der Waals surface area contributed by atoms with E-state index in [9.17, 15) is 4.79 Å². The summed E-state index contributed by atoms with van der Waals surface area (Å²) in [6, 6.07) is 6.97. The molecule has 1 aromatic carbocycles. The molecule has 1 aliphatic rings. The molecule has 1 aromatic heterocycles. The lowest BCUT2D eigenvalue weighted by atomic mass is 9.84. The first-order valence-electron chi connectivity index (χ1n) is 8.87. The highest BCUT2D eigenvalue weighted by Crippen LogP contribution is 2.38. The van der Waals surface area contributed by atoms with Crippen LogP contribution in [-0.4, -0.2) is 27.6 Å². The van der Waals surface area contributed by atoms with Gasteiger partial charge in [-0.2, -0.15) is 0 Å². The van der Waals surface area contributed by atoms with E-state index in [1.165, 1.54) is 0 Å². The van der Waals surface area contributed by atoms with Gasteiger partial charge >= 0.3 is 5.97 Å². The second-order valence-corrected chi connectivity index (χ2v) is 6.63. The van der Waals surface area contributed by atoms with Crippen molar-refractivity contribution < 1.29 is 13.9 Å². The summed E-state index contributed by atoms with van der Waals surface area (Å²) < 4.78 is 22.6. The molecule has 0 spiro atoms. The van der Waals surface area contributed by atoms with E-state index in [1.807, 2.05) is 7.05 Å². The Morgan fingerprint density at radius 2 is 2.04 bits per heavy atom. The van der Waals surface area contributed by atoms with Crippen LogP contribution in [0.5, 0.6) is 0 Å². The molecule has 0 fully saturated rings. The van der Waals surface area contributed by atoms with E-state index in [0.717, 1.165) is 36.9 Å². The Morgan fingerprint density at radius 1 is 1.28 bits per heavy atom. The number of carbonyl (C=O) groups excluding carboxylic acids is 1. The van der Waals surface area contributed by atoms with Crippen LogP contribution in [0.25, 0.3) is 0 Å². The molecule has 0 radical (unpaired) electrons. The van der Waals surface area contributed by atoms with Crippen LogP contribution in [0.3, 0.4) is 0 Å². The fraction of sp³-hybridized carbons (Fsp3) is 0.526. The van der Waals surface area contributed by atoms with Crippen molar-refractivity contribution in [3.05, 3.63) is 46.8 Å². The Kier molecular flexibility index (Phi) is 5.16. The summed E-state index contributed by atoms with van der Waals surface area (Å²) in [6.07, 6.45) is 4.39. The van der Waals surface area contributed by atoms with Crippen molar-refractivity contribution in [2.75, 3.05) is 6.61 Å². The SMILES string of the molecule is CCOC(=O)c1ccc(CC2(F)CCCCCc3c2nnn3C)cc1. The van der Waals surface area contributed by atoms with Crippen molar-refractivity contribution in [2.24, 2.45) is 7.05 Å². The Balaban J connectivity index is 1.84. The van der Waals surface area contributed by atoms with E-state index >= 15 is 4.39 Å². The first kappa shape index (κ1) is 17.6. The number of nitrogens with zero attached hydrogens (tertiary/aromatic N) is 3. The minimum Gasteiger partial charge on any atom is -0.462 e. The molecule has 0 bridgehead atoms. The summed E-state index contributed by atoms with van der Waals surface area (Å²) in [7, 11) is 1.82. The van der Waals surface area contributed by atoms with Crippen LogP contribution in [0, 0.1) is 0 Å². The van der Waals surface area contributed by atoms with E-state index < -0.39 is 5.67 Å². The number of esters is 1. The van der Waals surface area contributed by atoms with Crippen LogP contribution < -0.4 is 0 Å². The van der Waals surface area contributed by atoms with Gasteiger partial charge in [-0.3, -0.25) is 4.68 Å². The number of alkyl halides is 1. The monoisotopic (exact) mass is 345 g/mol. The van der Waals surface area contributed by atoms with Crippen molar-refractivity contribution in [2.45, 2.75) is 51.1 Å². The van der Waals surface area contributed by atoms with Crippen LogP contribution in [-0.2, 0) is 30.3 Å². The molecule has 25 heavy (non-hydrogen) atoms. The molecule has 0 aliphatic heterocycles. The minimum absolute atomic E-state index is 0.238. The van der Waals surface area contributed by atoms with Crippen LogP contribution in [0.1, 0.15) is 59.9 Å². The van der Waals surface area contributed by atoms with Crippen molar-refractivity contribution in [3.63, 3.8) is 0 Å². The Bertz CT molecular complexity index is 742. The van der Waals surface area contributed by atoms with Gasteiger partial charge in [0.25, 0.3) is 0 Å². The number of ether oxygens (including phenoxy) is 1. The normalized spacial score (nSPS) is 20.4. The smallest absolute Gasteiger partial charge is 0.338 e. The fourth-order valence-electron chi connectivity index (χ4n) is 3.47. The van der Waals surface area contributed by atoms with E-state index in [0.29, 0.717) is 24.3 Å². The average Bonchev–Trinajstić information content (AvgIpc) is 2.95. The van der Waals surface area contributed by atoms with E-state index in [1.54, 1.807) is 35.9 Å².